The van der Waals surface area contributed by atoms with Gasteiger partial charge in [-0.2, -0.15) is 0 Å². The molecule has 1 aromatic carbocycles. The topological polar surface area (TPSA) is 61.4 Å². The molecule has 0 saturated carbocycles. The number of aliphatic hydroxyl groups is 1. The van der Waals surface area contributed by atoms with E-state index in [9.17, 15) is 9.18 Å². The van der Waals surface area contributed by atoms with Crippen molar-refractivity contribution in [2.24, 2.45) is 0 Å². The molecule has 0 aliphatic heterocycles. The van der Waals surface area contributed by atoms with Crippen LogP contribution in [0.25, 0.3) is 0 Å². The van der Waals surface area contributed by atoms with Gasteiger partial charge in [-0.05, 0) is 37.5 Å². The van der Waals surface area contributed by atoms with Gasteiger partial charge in [-0.1, -0.05) is 22.0 Å². The average molecular weight is 333 g/mol. The van der Waals surface area contributed by atoms with Gasteiger partial charge in [-0.3, -0.25) is 0 Å². The molecule has 0 bridgehead atoms. The molecule has 0 radical (unpaired) electrons. The molecule has 1 atom stereocenters. The molecule has 0 saturated heterocycles. The number of carbonyl (C=O) groups is 1. The molecule has 1 rings (SSSR count). The lowest BCUT2D eigenvalue weighted by Crippen LogP contribution is -2.42. The van der Waals surface area contributed by atoms with Crippen molar-refractivity contribution in [3.05, 3.63) is 34.1 Å². The number of rotatable bonds is 6. The number of aliphatic hydroxyl groups excluding tert-OH is 1. The minimum atomic E-state index is -0.321. The number of halogens is 2. The third-order valence-corrected chi connectivity index (χ3v) is 3.07. The lowest BCUT2D eigenvalue weighted by Gasteiger charge is -2.12. The molecular formula is C13H18BrFN2O2. The number of benzene rings is 1. The Labute approximate surface area is 120 Å². The lowest BCUT2D eigenvalue weighted by molar-refractivity contribution is 0.220. The molecule has 6 heteroatoms. The van der Waals surface area contributed by atoms with Gasteiger partial charge in [0, 0.05) is 11.0 Å². The lowest BCUT2D eigenvalue weighted by atomic mass is 10.1. The number of amides is 2. The van der Waals surface area contributed by atoms with Crippen molar-refractivity contribution in [3.63, 3.8) is 0 Å². The molecule has 4 nitrogen and oxygen atoms in total. The molecule has 2 amide bonds. The van der Waals surface area contributed by atoms with Gasteiger partial charge in [-0.25, -0.2) is 9.18 Å². The minimum Gasteiger partial charge on any atom is -0.394 e. The smallest absolute Gasteiger partial charge is 0.315 e. The second-order valence-electron chi connectivity index (χ2n) is 4.32. The number of urea groups is 1. The number of nitrogens with one attached hydrogen (secondary N) is 2. The predicted octanol–water partition coefficient (Wildman–Crippen LogP) is 2.20. The van der Waals surface area contributed by atoms with Crippen LogP contribution in [-0.4, -0.2) is 30.3 Å². The van der Waals surface area contributed by atoms with Crippen LogP contribution < -0.4 is 10.6 Å². The van der Waals surface area contributed by atoms with E-state index in [1.54, 1.807) is 19.1 Å². The van der Waals surface area contributed by atoms with E-state index < -0.39 is 0 Å². The summed E-state index contributed by atoms with van der Waals surface area (Å²) in [5, 5.41) is 14.0. The zero-order chi connectivity index (χ0) is 14.3. The Hall–Kier alpha value is -1.14. The quantitative estimate of drug-likeness (QED) is 0.699. The Balaban J connectivity index is 2.25. The summed E-state index contributed by atoms with van der Waals surface area (Å²) < 4.78 is 14.2. The first kappa shape index (κ1) is 15.9. The van der Waals surface area contributed by atoms with E-state index in [4.69, 9.17) is 5.11 Å². The Kier molecular flexibility index (Phi) is 6.80. The maximum atomic E-state index is 13.5. The van der Waals surface area contributed by atoms with E-state index in [1.165, 1.54) is 6.07 Å². The monoisotopic (exact) mass is 332 g/mol. The van der Waals surface area contributed by atoms with Gasteiger partial charge in [0.2, 0.25) is 0 Å². The van der Waals surface area contributed by atoms with Crippen LogP contribution >= 0.6 is 15.9 Å². The van der Waals surface area contributed by atoms with Crippen LogP contribution in [0.3, 0.4) is 0 Å². The fourth-order valence-electron chi connectivity index (χ4n) is 1.53. The second kappa shape index (κ2) is 8.12. The number of aryl methyl sites for hydroxylation is 1. The van der Waals surface area contributed by atoms with Gasteiger partial charge < -0.3 is 15.7 Å². The van der Waals surface area contributed by atoms with Crippen LogP contribution in [0.5, 0.6) is 0 Å². The molecule has 0 aliphatic rings. The van der Waals surface area contributed by atoms with Crippen molar-refractivity contribution in [3.8, 4) is 0 Å². The van der Waals surface area contributed by atoms with Gasteiger partial charge in [0.25, 0.3) is 0 Å². The third kappa shape index (κ3) is 6.02. The molecule has 19 heavy (non-hydrogen) atoms. The fourth-order valence-corrected chi connectivity index (χ4v) is 1.86. The summed E-state index contributed by atoms with van der Waals surface area (Å²) in [7, 11) is 0. The highest BCUT2D eigenvalue weighted by atomic mass is 79.9. The molecule has 0 heterocycles. The first-order valence-corrected chi connectivity index (χ1v) is 6.91. The van der Waals surface area contributed by atoms with Gasteiger partial charge in [0.15, 0.2) is 0 Å². The summed E-state index contributed by atoms with van der Waals surface area (Å²) in [5.74, 6) is -0.243. The van der Waals surface area contributed by atoms with Crippen molar-refractivity contribution in [2.45, 2.75) is 25.8 Å². The molecule has 1 aromatic rings. The van der Waals surface area contributed by atoms with E-state index in [2.05, 4.69) is 26.6 Å². The highest BCUT2D eigenvalue weighted by Crippen LogP contribution is 2.16. The first-order chi connectivity index (χ1) is 9.02. The molecule has 106 valence electrons. The first-order valence-electron chi connectivity index (χ1n) is 6.12. The average Bonchev–Trinajstić information content (AvgIpc) is 2.36. The normalized spacial score (nSPS) is 12.0. The highest BCUT2D eigenvalue weighted by molar-refractivity contribution is 9.10. The van der Waals surface area contributed by atoms with Crippen molar-refractivity contribution in [1.29, 1.82) is 0 Å². The van der Waals surface area contributed by atoms with Crippen LogP contribution in [0.2, 0.25) is 0 Å². The van der Waals surface area contributed by atoms with Crippen LogP contribution in [0.4, 0.5) is 9.18 Å². The molecule has 0 fully saturated rings. The summed E-state index contributed by atoms with van der Waals surface area (Å²) >= 11 is 3.20. The molecule has 0 aromatic heterocycles. The SMILES string of the molecule is CC(CO)NC(=O)NCCCc1ccc(Br)cc1F. The highest BCUT2D eigenvalue weighted by Gasteiger charge is 2.06. The van der Waals surface area contributed by atoms with Gasteiger partial charge in [-0.15, -0.1) is 0 Å². The molecule has 1 unspecified atom stereocenters. The Bertz CT molecular complexity index is 429. The van der Waals surface area contributed by atoms with E-state index >= 15 is 0 Å². The largest absolute Gasteiger partial charge is 0.394 e. The van der Waals surface area contributed by atoms with Gasteiger partial charge >= 0.3 is 6.03 Å². The Morgan fingerprint density at radius 3 is 2.89 bits per heavy atom. The Morgan fingerprint density at radius 1 is 1.53 bits per heavy atom. The molecule has 0 spiro atoms. The van der Waals surface area contributed by atoms with Crippen molar-refractivity contribution < 1.29 is 14.3 Å². The molecule has 0 aliphatic carbocycles. The second-order valence-corrected chi connectivity index (χ2v) is 5.24. The van der Waals surface area contributed by atoms with Crippen molar-refractivity contribution in [2.75, 3.05) is 13.2 Å². The minimum absolute atomic E-state index is 0.0997. The molecule has 3 N–H and O–H groups in total. The van der Waals surface area contributed by atoms with Crippen LogP contribution in [0.1, 0.15) is 18.9 Å². The maximum absolute atomic E-state index is 13.5. The Morgan fingerprint density at radius 2 is 2.26 bits per heavy atom. The number of hydrogen-bond acceptors (Lipinski definition) is 2. The van der Waals surface area contributed by atoms with E-state index in [-0.39, 0.29) is 24.5 Å². The van der Waals surface area contributed by atoms with Crippen LogP contribution in [0, 0.1) is 5.82 Å². The van der Waals surface area contributed by atoms with Crippen LogP contribution in [0.15, 0.2) is 22.7 Å². The number of carbonyl (C=O) groups excluding carboxylic acids is 1. The summed E-state index contributed by atoms with van der Waals surface area (Å²) in [6, 6.07) is 4.36. The van der Waals surface area contributed by atoms with E-state index in [0.717, 1.165) is 0 Å². The summed E-state index contributed by atoms with van der Waals surface area (Å²) in [5.41, 5.74) is 0.633. The zero-order valence-corrected chi connectivity index (χ0v) is 12.3. The van der Waals surface area contributed by atoms with E-state index in [1.807, 2.05) is 0 Å². The summed E-state index contributed by atoms with van der Waals surface area (Å²) in [6.07, 6.45) is 1.22. The van der Waals surface area contributed by atoms with Crippen molar-refractivity contribution in [1.82, 2.24) is 10.6 Å². The van der Waals surface area contributed by atoms with Crippen LogP contribution in [-0.2, 0) is 6.42 Å². The van der Waals surface area contributed by atoms with Gasteiger partial charge in [0.1, 0.15) is 5.82 Å². The summed E-state index contributed by atoms with van der Waals surface area (Å²) in [6.45, 7) is 2.06. The summed E-state index contributed by atoms with van der Waals surface area (Å²) in [4.78, 5) is 11.3. The van der Waals surface area contributed by atoms with Gasteiger partial charge in [0.05, 0.1) is 12.6 Å². The maximum Gasteiger partial charge on any atom is 0.315 e. The van der Waals surface area contributed by atoms with E-state index in [0.29, 0.717) is 29.4 Å². The molecular weight excluding hydrogens is 315 g/mol. The number of hydrogen-bond donors (Lipinski definition) is 3. The van der Waals surface area contributed by atoms with Crippen molar-refractivity contribution >= 4 is 22.0 Å². The fraction of sp³-hybridized carbons (Fsp3) is 0.462. The zero-order valence-electron chi connectivity index (χ0n) is 10.7. The third-order valence-electron chi connectivity index (χ3n) is 2.57. The predicted molar refractivity (Wildman–Crippen MR) is 75.5 cm³/mol. The standard InChI is InChI=1S/C13H18BrFN2O2/c1-9(8-18)17-13(19)16-6-2-3-10-4-5-11(14)7-12(10)15/h4-5,7,9,18H,2-3,6,8H2,1H3,(H2,16,17,19).